The lowest BCUT2D eigenvalue weighted by molar-refractivity contribution is -0.153. The molecule has 1 saturated carbocycles. The summed E-state index contributed by atoms with van der Waals surface area (Å²) >= 11 is 0. The van der Waals surface area contributed by atoms with Crippen molar-refractivity contribution in [3.05, 3.63) is 0 Å². The van der Waals surface area contributed by atoms with E-state index in [0.717, 1.165) is 32.1 Å². The van der Waals surface area contributed by atoms with Gasteiger partial charge in [0.2, 0.25) is 5.91 Å². The Bertz CT molecular complexity index is 310. The lowest BCUT2D eigenvalue weighted by Crippen LogP contribution is -2.45. The van der Waals surface area contributed by atoms with Gasteiger partial charge in [-0.25, -0.2) is 0 Å². The monoisotopic (exact) mass is 278 g/mol. The number of carbonyl (C=O) groups excluding carboxylic acids is 1. The molecule has 3 nitrogen and oxygen atoms in total. The van der Waals surface area contributed by atoms with Crippen molar-refractivity contribution in [3.8, 4) is 0 Å². The second-order valence-corrected chi connectivity index (χ2v) is 5.67. The number of likely N-dealkylation sites (tertiary alicyclic amines) is 1. The first kappa shape index (κ1) is 14.6. The van der Waals surface area contributed by atoms with Crippen molar-refractivity contribution in [2.24, 2.45) is 5.92 Å². The lowest BCUT2D eigenvalue weighted by atomic mass is 9.85. The quantitative estimate of drug-likeness (QED) is 0.770. The van der Waals surface area contributed by atoms with Crippen molar-refractivity contribution in [2.45, 2.75) is 38.3 Å². The second kappa shape index (κ2) is 6.11. The summed E-state index contributed by atoms with van der Waals surface area (Å²) in [6.07, 6.45) is 0.791. The Balaban J connectivity index is 1.85. The second-order valence-electron chi connectivity index (χ2n) is 5.67. The zero-order chi connectivity index (χ0) is 13.9. The van der Waals surface area contributed by atoms with Crippen LogP contribution in [-0.2, 0) is 4.79 Å². The Labute approximate surface area is 111 Å². The summed E-state index contributed by atoms with van der Waals surface area (Å²) in [5, 5.41) is 0. The third-order valence-corrected chi connectivity index (χ3v) is 3.96. The fourth-order valence-electron chi connectivity index (χ4n) is 2.74. The summed E-state index contributed by atoms with van der Waals surface area (Å²) in [5.74, 6) is 0.190. The number of rotatable bonds is 5. The Morgan fingerprint density at radius 1 is 1.16 bits per heavy atom. The average Bonchev–Trinajstić information content (AvgIpc) is 2.74. The predicted octanol–water partition coefficient (Wildman–Crippen LogP) is 2.27. The van der Waals surface area contributed by atoms with E-state index in [9.17, 15) is 18.0 Å². The molecule has 0 aromatic carbocycles. The minimum Gasteiger partial charge on any atom is -0.342 e. The average molecular weight is 278 g/mol. The van der Waals surface area contributed by atoms with E-state index in [1.54, 1.807) is 4.90 Å². The molecule has 1 aliphatic carbocycles. The molecule has 0 unspecified atom stereocenters. The van der Waals surface area contributed by atoms with Gasteiger partial charge in [-0.15, -0.1) is 0 Å². The van der Waals surface area contributed by atoms with E-state index in [1.165, 1.54) is 4.90 Å². The Kier molecular flexibility index (Phi) is 4.71. The van der Waals surface area contributed by atoms with Gasteiger partial charge in [0, 0.05) is 19.6 Å². The molecule has 0 aromatic heterocycles. The largest absolute Gasteiger partial charge is 0.401 e. The Morgan fingerprint density at radius 2 is 1.79 bits per heavy atom. The molecule has 1 aliphatic heterocycles. The standard InChI is InChI=1S/C13H21F3N2O/c14-13(15,16)10-17(8-11-4-3-5-11)9-12(19)18-6-1-2-7-18/h11H,1-10H2. The molecule has 0 radical (unpaired) electrons. The van der Waals surface area contributed by atoms with Gasteiger partial charge in [-0.2, -0.15) is 13.2 Å². The first-order chi connectivity index (χ1) is 8.94. The first-order valence-electron chi connectivity index (χ1n) is 7.01. The van der Waals surface area contributed by atoms with E-state index in [0.29, 0.717) is 25.6 Å². The molecule has 0 spiro atoms. The highest BCUT2D eigenvalue weighted by atomic mass is 19.4. The highest BCUT2D eigenvalue weighted by Gasteiger charge is 2.34. The third kappa shape index (κ3) is 4.67. The lowest BCUT2D eigenvalue weighted by Gasteiger charge is -2.33. The van der Waals surface area contributed by atoms with Gasteiger partial charge >= 0.3 is 6.18 Å². The fraction of sp³-hybridized carbons (Fsp3) is 0.923. The maximum atomic E-state index is 12.5. The van der Waals surface area contributed by atoms with E-state index < -0.39 is 12.7 Å². The molecule has 1 heterocycles. The highest BCUT2D eigenvalue weighted by molar-refractivity contribution is 5.78. The molecule has 6 heteroatoms. The van der Waals surface area contributed by atoms with Gasteiger partial charge in [0.25, 0.3) is 0 Å². The first-order valence-corrected chi connectivity index (χ1v) is 7.01. The summed E-state index contributed by atoms with van der Waals surface area (Å²) in [7, 11) is 0. The molecule has 2 fully saturated rings. The number of hydrogen-bond acceptors (Lipinski definition) is 2. The van der Waals surface area contributed by atoms with Gasteiger partial charge in [-0.1, -0.05) is 6.42 Å². The van der Waals surface area contributed by atoms with E-state index in [2.05, 4.69) is 0 Å². The zero-order valence-electron chi connectivity index (χ0n) is 11.1. The summed E-state index contributed by atoms with van der Waals surface area (Å²) < 4.78 is 37.6. The number of amides is 1. The van der Waals surface area contributed by atoms with Crippen LogP contribution in [-0.4, -0.2) is 54.6 Å². The summed E-state index contributed by atoms with van der Waals surface area (Å²) in [4.78, 5) is 14.9. The van der Waals surface area contributed by atoms with Crippen LogP contribution >= 0.6 is 0 Å². The van der Waals surface area contributed by atoms with Gasteiger partial charge in [-0.05, 0) is 31.6 Å². The van der Waals surface area contributed by atoms with Crippen LogP contribution in [0, 0.1) is 5.92 Å². The van der Waals surface area contributed by atoms with Crippen LogP contribution in [0.2, 0.25) is 0 Å². The molecule has 19 heavy (non-hydrogen) atoms. The SMILES string of the molecule is O=C(CN(CC1CCC1)CC(F)(F)F)N1CCCC1. The molecule has 1 amide bonds. The third-order valence-electron chi connectivity index (χ3n) is 3.96. The maximum Gasteiger partial charge on any atom is 0.401 e. The molecule has 0 N–H and O–H groups in total. The number of carbonyl (C=O) groups is 1. The van der Waals surface area contributed by atoms with Crippen molar-refractivity contribution in [1.82, 2.24) is 9.80 Å². The van der Waals surface area contributed by atoms with Gasteiger partial charge in [0.05, 0.1) is 13.1 Å². The van der Waals surface area contributed by atoms with Crippen LogP contribution < -0.4 is 0 Å². The molecule has 2 rings (SSSR count). The van der Waals surface area contributed by atoms with Crippen LogP contribution in [0.1, 0.15) is 32.1 Å². The number of alkyl halides is 3. The van der Waals surface area contributed by atoms with Crippen molar-refractivity contribution in [1.29, 1.82) is 0 Å². The van der Waals surface area contributed by atoms with Gasteiger partial charge in [0.1, 0.15) is 0 Å². The molecule has 0 aromatic rings. The molecule has 1 saturated heterocycles. The summed E-state index contributed by atoms with van der Waals surface area (Å²) in [5.41, 5.74) is 0. The summed E-state index contributed by atoms with van der Waals surface area (Å²) in [6.45, 7) is 0.739. The van der Waals surface area contributed by atoms with Crippen molar-refractivity contribution in [3.63, 3.8) is 0 Å². The van der Waals surface area contributed by atoms with Crippen LogP contribution in [0.4, 0.5) is 13.2 Å². The fourth-order valence-corrected chi connectivity index (χ4v) is 2.74. The normalized spacial score (nSPS) is 20.9. The summed E-state index contributed by atoms with van der Waals surface area (Å²) in [6, 6.07) is 0. The maximum absolute atomic E-state index is 12.5. The van der Waals surface area contributed by atoms with E-state index in [4.69, 9.17) is 0 Å². The Hall–Kier alpha value is -0.780. The van der Waals surface area contributed by atoms with Crippen LogP contribution in [0.25, 0.3) is 0 Å². The van der Waals surface area contributed by atoms with Gasteiger partial charge in [0.15, 0.2) is 0 Å². The van der Waals surface area contributed by atoms with E-state index in [-0.39, 0.29) is 12.5 Å². The molecule has 0 bridgehead atoms. The molecular formula is C13H21F3N2O. The number of nitrogens with zero attached hydrogens (tertiary/aromatic N) is 2. The molecular weight excluding hydrogens is 257 g/mol. The number of hydrogen-bond donors (Lipinski definition) is 0. The predicted molar refractivity (Wildman–Crippen MR) is 65.7 cm³/mol. The van der Waals surface area contributed by atoms with Crippen molar-refractivity contribution >= 4 is 5.91 Å². The van der Waals surface area contributed by atoms with Crippen LogP contribution in [0.15, 0.2) is 0 Å². The molecule has 2 aliphatic rings. The van der Waals surface area contributed by atoms with E-state index >= 15 is 0 Å². The van der Waals surface area contributed by atoms with Crippen LogP contribution in [0.3, 0.4) is 0 Å². The van der Waals surface area contributed by atoms with Crippen LogP contribution in [0.5, 0.6) is 0 Å². The van der Waals surface area contributed by atoms with E-state index in [1.807, 2.05) is 0 Å². The Morgan fingerprint density at radius 3 is 2.26 bits per heavy atom. The van der Waals surface area contributed by atoms with Gasteiger partial charge in [-0.3, -0.25) is 9.69 Å². The zero-order valence-corrected chi connectivity index (χ0v) is 11.1. The van der Waals surface area contributed by atoms with Crippen molar-refractivity contribution in [2.75, 3.05) is 32.7 Å². The molecule has 110 valence electrons. The smallest absolute Gasteiger partial charge is 0.342 e. The molecule has 0 atom stereocenters. The topological polar surface area (TPSA) is 23.6 Å². The minimum atomic E-state index is -4.23. The van der Waals surface area contributed by atoms with Crippen molar-refractivity contribution < 1.29 is 18.0 Å². The van der Waals surface area contributed by atoms with Gasteiger partial charge < -0.3 is 4.90 Å². The minimum absolute atomic E-state index is 0.0873. The highest BCUT2D eigenvalue weighted by Crippen LogP contribution is 2.28. The number of halogens is 3.